The van der Waals surface area contributed by atoms with Gasteiger partial charge in [0.2, 0.25) is 0 Å². The van der Waals surface area contributed by atoms with Gasteiger partial charge in [-0.05, 0) is 0 Å². The third-order valence-electron chi connectivity index (χ3n) is 2.60. The molecule has 0 fully saturated rings. The maximum atomic E-state index is 2.36. The minimum absolute atomic E-state index is 0. The Bertz CT molecular complexity index is 133. The molecule has 14 heavy (non-hydrogen) atoms. The van der Waals surface area contributed by atoms with Crippen molar-refractivity contribution < 1.29 is 0 Å². The molecule has 0 aliphatic rings. The predicted octanol–water partition coefficient (Wildman–Crippen LogP) is 4.50. The standard InChI is InChI=1S/C12H27B.Li/c1-10(2,3)13(11(4,5)6)12(7,8)9;/h1-9H3;. The van der Waals surface area contributed by atoms with Crippen LogP contribution in [0.15, 0.2) is 0 Å². The van der Waals surface area contributed by atoms with Crippen molar-refractivity contribution in [3.63, 3.8) is 0 Å². The van der Waals surface area contributed by atoms with Gasteiger partial charge in [-0.2, -0.15) is 0 Å². The maximum Gasteiger partial charge on any atom is 0.156 e. The second-order valence-electron chi connectivity index (χ2n) is 7.53. The van der Waals surface area contributed by atoms with Crippen molar-refractivity contribution in [1.82, 2.24) is 0 Å². The van der Waals surface area contributed by atoms with E-state index in [9.17, 15) is 0 Å². The van der Waals surface area contributed by atoms with Gasteiger partial charge in [-0.15, -0.1) is 0 Å². The Balaban J connectivity index is 0. The number of rotatable bonds is 0. The van der Waals surface area contributed by atoms with Crippen LogP contribution in [0.1, 0.15) is 62.3 Å². The van der Waals surface area contributed by atoms with Gasteiger partial charge < -0.3 is 0 Å². The Morgan fingerprint density at radius 3 is 0.643 bits per heavy atom. The van der Waals surface area contributed by atoms with E-state index in [2.05, 4.69) is 62.3 Å². The van der Waals surface area contributed by atoms with Crippen LogP contribution in [0.3, 0.4) is 0 Å². The molecule has 79 valence electrons. The van der Waals surface area contributed by atoms with Crippen LogP contribution < -0.4 is 0 Å². The molecular formula is C12H27BLi. The molecule has 0 aromatic heterocycles. The van der Waals surface area contributed by atoms with E-state index >= 15 is 0 Å². The van der Waals surface area contributed by atoms with Crippen molar-refractivity contribution in [3.05, 3.63) is 0 Å². The maximum absolute atomic E-state index is 2.36. The molecule has 0 aliphatic heterocycles. The fourth-order valence-electron chi connectivity index (χ4n) is 3.90. The molecule has 2 heteroatoms. The third kappa shape index (κ3) is 4.94. The quantitative estimate of drug-likeness (QED) is 0.492. The van der Waals surface area contributed by atoms with E-state index in [0.717, 1.165) is 6.71 Å². The van der Waals surface area contributed by atoms with Gasteiger partial charge in [-0.25, -0.2) is 0 Å². The van der Waals surface area contributed by atoms with E-state index in [1.54, 1.807) is 0 Å². The molecule has 0 aromatic carbocycles. The SMILES string of the molecule is CC(C)(C)B(C(C)(C)C)C(C)(C)C.[Li]. The van der Waals surface area contributed by atoms with Gasteiger partial charge in [-0.1, -0.05) is 78.3 Å². The Morgan fingerprint density at radius 1 is 0.500 bits per heavy atom. The van der Waals surface area contributed by atoms with Crippen LogP contribution >= 0.6 is 0 Å². The van der Waals surface area contributed by atoms with Gasteiger partial charge in [0.15, 0.2) is 6.71 Å². The number of hydrogen-bond acceptors (Lipinski definition) is 0. The van der Waals surface area contributed by atoms with Crippen LogP contribution in [0.25, 0.3) is 0 Å². The zero-order valence-electron chi connectivity index (χ0n) is 12.1. The minimum atomic E-state index is 0. The Hall–Kier alpha value is 0.662. The summed E-state index contributed by atoms with van der Waals surface area (Å²) in [6.45, 7) is 21.9. The summed E-state index contributed by atoms with van der Waals surface area (Å²) in [5, 5.41) is 1.16. The van der Waals surface area contributed by atoms with Crippen LogP contribution in [0.2, 0.25) is 15.9 Å². The number of hydrogen-bond donors (Lipinski definition) is 0. The smallest absolute Gasteiger partial charge is 0.0667 e. The molecule has 0 amide bonds. The molecule has 0 unspecified atom stereocenters. The fourth-order valence-corrected chi connectivity index (χ4v) is 3.90. The zero-order chi connectivity index (χ0) is 11.1. The van der Waals surface area contributed by atoms with E-state index in [0.29, 0.717) is 15.9 Å². The van der Waals surface area contributed by atoms with Crippen molar-refractivity contribution in [2.24, 2.45) is 0 Å². The molecule has 0 nitrogen and oxygen atoms in total. The Labute approximate surface area is 104 Å². The summed E-state index contributed by atoms with van der Waals surface area (Å²) in [5.41, 5.74) is 0. The van der Waals surface area contributed by atoms with Crippen molar-refractivity contribution in [2.75, 3.05) is 0 Å². The molecule has 0 bridgehead atoms. The van der Waals surface area contributed by atoms with Gasteiger partial charge in [0, 0.05) is 18.9 Å². The second kappa shape index (κ2) is 4.67. The molecule has 0 saturated carbocycles. The normalized spacial score (nSPS) is 13.5. The summed E-state index contributed by atoms with van der Waals surface area (Å²) in [7, 11) is 0. The monoisotopic (exact) mass is 189 g/mol. The molecule has 0 rings (SSSR count). The second-order valence-corrected chi connectivity index (χ2v) is 7.53. The van der Waals surface area contributed by atoms with Gasteiger partial charge >= 0.3 is 0 Å². The summed E-state index contributed by atoms with van der Waals surface area (Å²) < 4.78 is 0. The summed E-state index contributed by atoms with van der Waals surface area (Å²) in [6.07, 6.45) is 0. The van der Waals surface area contributed by atoms with Crippen LogP contribution in [0, 0.1) is 0 Å². The molecular weight excluding hydrogens is 162 g/mol. The first kappa shape index (κ1) is 17.1. The van der Waals surface area contributed by atoms with Gasteiger partial charge in [0.25, 0.3) is 0 Å². The summed E-state index contributed by atoms with van der Waals surface area (Å²) in [5.74, 6) is 0. The van der Waals surface area contributed by atoms with Crippen molar-refractivity contribution in [3.8, 4) is 0 Å². The van der Waals surface area contributed by atoms with Gasteiger partial charge in [0.1, 0.15) is 0 Å². The first-order valence-electron chi connectivity index (χ1n) is 5.37. The Kier molecular flexibility index (Phi) is 5.69. The largest absolute Gasteiger partial charge is 0.156 e. The van der Waals surface area contributed by atoms with E-state index < -0.39 is 0 Å². The first-order valence-corrected chi connectivity index (χ1v) is 5.37. The Morgan fingerprint density at radius 2 is 0.643 bits per heavy atom. The topological polar surface area (TPSA) is 0 Å². The van der Waals surface area contributed by atoms with Crippen LogP contribution in [0.4, 0.5) is 0 Å². The fraction of sp³-hybridized carbons (Fsp3) is 1.00. The average Bonchev–Trinajstić information content (AvgIpc) is 1.44. The molecule has 0 aromatic rings. The summed E-state index contributed by atoms with van der Waals surface area (Å²) in [4.78, 5) is 0. The van der Waals surface area contributed by atoms with Crippen LogP contribution in [-0.4, -0.2) is 25.6 Å². The van der Waals surface area contributed by atoms with E-state index in [1.807, 2.05) is 0 Å². The molecule has 0 aliphatic carbocycles. The van der Waals surface area contributed by atoms with Crippen molar-refractivity contribution in [1.29, 1.82) is 0 Å². The van der Waals surface area contributed by atoms with Crippen LogP contribution in [-0.2, 0) is 0 Å². The first-order chi connectivity index (χ1) is 5.37. The van der Waals surface area contributed by atoms with E-state index in [-0.39, 0.29) is 18.9 Å². The van der Waals surface area contributed by atoms with E-state index in [4.69, 9.17) is 0 Å². The molecule has 0 atom stereocenters. The van der Waals surface area contributed by atoms with Crippen molar-refractivity contribution >= 4 is 25.6 Å². The van der Waals surface area contributed by atoms with Crippen molar-refractivity contribution in [2.45, 2.75) is 78.3 Å². The molecule has 0 saturated heterocycles. The zero-order valence-corrected chi connectivity index (χ0v) is 12.1. The average molecular weight is 189 g/mol. The summed E-state index contributed by atoms with van der Waals surface area (Å²) >= 11 is 0. The van der Waals surface area contributed by atoms with Gasteiger partial charge in [0.05, 0.1) is 0 Å². The third-order valence-corrected chi connectivity index (χ3v) is 2.60. The predicted molar refractivity (Wildman–Crippen MR) is 70.7 cm³/mol. The van der Waals surface area contributed by atoms with E-state index in [1.165, 1.54) is 0 Å². The molecule has 0 heterocycles. The van der Waals surface area contributed by atoms with Gasteiger partial charge in [-0.3, -0.25) is 0 Å². The summed E-state index contributed by atoms with van der Waals surface area (Å²) in [6, 6.07) is 0. The molecule has 0 spiro atoms. The van der Waals surface area contributed by atoms with Crippen LogP contribution in [0.5, 0.6) is 0 Å². The molecule has 0 N–H and O–H groups in total. The molecule has 1 radical (unpaired) electrons. The minimum Gasteiger partial charge on any atom is -0.0667 e.